The molecule has 26 heavy (non-hydrogen) atoms. The summed E-state index contributed by atoms with van der Waals surface area (Å²) in [7, 11) is 1.78. The third-order valence-electron chi connectivity index (χ3n) is 5.76. The number of carbonyl (C=O) groups is 1. The van der Waals surface area contributed by atoms with E-state index in [9.17, 15) is 14.3 Å². The molecule has 1 aromatic heterocycles. The highest BCUT2D eigenvalue weighted by molar-refractivity contribution is 5.89. The lowest BCUT2D eigenvalue weighted by atomic mass is 9.67. The zero-order valence-corrected chi connectivity index (χ0v) is 14.8. The molecule has 1 spiro atoms. The van der Waals surface area contributed by atoms with Crippen molar-refractivity contribution in [2.75, 3.05) is 18.5 Å². The van der Waals surface area contributed by atoms with Crippen molar-refractivity contribution in [1.29, 1.82) is 0 Å². The van der Waals surface area contributed by atoms with Gasteiger partial charge in [0, 0.05) is 25.2 Å². The number of halogens is 1. The van der Waals surface area contributed by atoms with Crippen LogP contribution in [0.5, 0.6) is 0 Å². The molecular weight excluding hydrogens is 335 g/mol. The van der Waals surface area contributed by atoms with Crippen molar-refractivity contribution < 1.29 is 14.3 Å². The molecule has 2 amide bonds. The maximum Gasteiger partial charge on any atom is 0.323 e. The van der Waals surface area contributed by atoms with E-state index in [-0.39, 0.29) is 29.9 Å². The molecule has 1 aromatic carbocycles. The molecule has 0 radical (unpaired) electrons. The molecule has 1 atom stereocenters. The molecule has 1 aliphatic carbocycles. The number of hydrogen-bond donors (Lipinski definition) is 2. The minimum atomic E-state index is -0.293. The largest absolute Gasteiger partial charge is 0.394 e. The zero-order chi connectivity index (χ0) is 18.3. The second-order valence-corrected chi connectivity index (χ2v) is 7.50. The van der Waals surface area contributed by atoms with Gasteiger partial charge in [0.1, 0.15) is 5.82 Å². The number of benzene rings is 1. The molecule has 7 heteroatoms. The molecule has 2 aromatic rings. The summed E-state index contributed by atoms with van der Waals surface area (Å²) < 4.78 is 14.8. The quantitative estimate of drug-likeness (QED) is 0.886. The highest BCUT2D eigenvalue weighted by Crippen LogP contribution is 2.50. The van der Waals surface area contributed by atoms with E-state index in [1.165, 1.54) is 18.6 Å². The van der Waals surface area contributed by atoms with Gasteiger partial charge in [-0.25, -0.2) is 9.18 Å². The molecule has 4 rings (SSSR count). The summed E-state index contributed by atoms with van der Waals surface area (Å²) in [6, 6.07) is 7.57. The maximum absolute atomic E-state index is 13.1. The fourth-order valence-corrected chi connectivity index (χ4v) is 4.21. The number of amides is 2. The average molecular weight is 358 g/mol. The van der Waals surface area contributed by atoms with Gasteiger partial charge in [-0.2, -0.15) is 5.10 Å². The summed E-state index contributed by atoms with van der Waals surface area (Å²) in [4.78, 5) is 14.5. The van der Waals surface area contributed by atoms with Crippen LogP contribution in [-0.2, 0) is 7.05 Å². The predicted molar refractivity (Wildman–Crippen MR) is 96.1 cm³/mol. The molecule has 138 valence electrons. The summed E-state index contributed by atoms with van der Waals surface area (Å²) in [6.45, 7) is 0.680. The highest BCUT2D eigenvalue weighted by Gasteiger charge is 2.48. The molecule has 2 N–H and O–H groups in total. The second kappa shape index (κ2) is 6.39. The van der Waals surface area contributed by atoms with Crippen LogP contribution in [0.4, 0.5) is 15.0 Å². The van der Waals surface area contributed by atoms with Gasteiger partial charge in [0.15, 0.2) is 5.82 Å². The number of aliphatic hydroxyl groups is 1. The monoisotopic (exact) mass is 358 g/mol. The number of rotatable bonds is 3. The van der Waals surface area contributed by atoms with Gasteiger partial charge in [0.25, 0.3) is 0 Å². The van der Waals surface area contributed by atoms with Crippen LogP contribution in [0, 0.1) is 11.2 Å². The molecule has 2 heterocycles. The van der Waals surface area contributed by atoms with Crippen molar-refractivity contribution in [3.63, 3.8) is 0 Å². The van der Waals surface area contributed by atoms with Gasteiger partial charge in [0.05, 0.1) is 18.3 Å². The van der Waals surface area contributed by atoms with Crippen LogP contribution in [0.2, 0.25) is 0 Å². The third-order valence-corrected chi connectivity index (χ3v) is 5.76. The first-order chi connectivity index (χ1) is 12.5. The van der Waals surface area contributed by atoms with E-state index in [1.54, 1.807) is 34.8 Å². The summed E-state index contributed by atoms with van der Waals surface area (Å²) in [5.74, 6) is 0.154. The molecule has 2 aliphatic rings. The minimum absolute atomic E-state index is 0.0157. The Hall–Kier alpha value is -2.41. The summed E-state index contributed by atoms with van der Waals surface area (Å²) in [5, 5.41) is 16.8. The number of nitrogens with one attached hydrogen (secondary N) is 1. The van der Waals surface area contributed by atoms with Crippen LogP contribution in [-0.4, -0.2) is 45.0 Å². The molecular formula is C19H23FN4O2. The topological polar surface area (TPSA) is 70.4 Å². The lowest BCUT2D eigenvalue weighted by Gasteiger charge is -2.37. The van der Waals surface area contributed by atoms with E-state index >= 15 is 0 Å². The van der Waals surface area contributed by atoms with Crippen LogP contribution in [0.1, 0.15) is 25.7 Å². The Bertz CT molecular complexity index is 813. The molecule has 1 saturated heterocycles. The van der Waals surface area contributed by atoms with Gasteiger partial charge in [0.2, 0.25) is 0 Å². The van der Waals surface area contributed by atoms with Crippen molar-refractivity contribution in [2.45, 2.75) is 31.7 Å². The van der Waals surface area contributed by atoms with Crippen LogP contribution < -0.4 is 5.32 Å². The van der Waals surface area contributed by atoms with Crippen LogP contribution >= 0.6 is 0 Å². The predicted octanol–water partition coefficient (Wildman–Crippen LogP) is 3.00. The first-order valence-electron chi connectivity index (χ1n) is 8.98. The van der Waals surface area contributed by atoms with E-state index in [2.05, 4.69) is 10.4 Å². The number of aliphatic hydroxyl groups excluding tert-OH is 1. The number of likely N-dealkylation sites (tertiary alicyclic amines) is 1. The maximum atomic E-state index is 13.1. The number of nitrogens with zero attached hydrogens (tertiary/aromatic N) is 3. The first kappa shape index (κ1) is 17.0. The molecule has 1 saturated carbocycles. The Balaban J connectivity index is 1.49. The number of aryl methyl sites for hydroxylation is 1. The van der Waals surface area contributed by atoms with Gasteiger partial charge in [-0.05, 0) is 48.9 Å². The van der Waals surface area contributed by atoms with Crippen LogP contribution in [0.3, 0.4) is 0 Å². The SMILES string of the molecule is Cn1nc(NC(=O)N2CC3(CCC3)CC2CO)cc1-c1ccc(F)cc1. The van der Waals surface area contributed by atoms with Gasteiger partial charge < -0.3 is 10.0 Å². The van der Waals surface area contributed by atoms with Crippen LogP contribution in [0.15, 0.2) is 30.3 Å². The number of anilines is 1. The van der Waals surface area contributed by atoms with Crippen LogP contribution in [0.25, 0.3) is 11.3 Å². The molecule has 1 unspecified atom stereocenters. The minimum Gasteiger partial charge on any atom is -0.394 e. The van der Waals surface area contributed by atoms with Crippen molar-refractivity contribution in [3.05, 3.63) is 36.1 Å². The second-order valence-electron chi connectivity index (χ2n) is 7.50. The van der Waals surface area contributed by atoms with Gasteiger partial charge in [-0.3, -0.25) is 10.00 Å². The van der Waals surface area contributed by atoms with Gasteiger partial charge in [-0.1, -0.05) is 6.42 Å². The highest BCUT2D eigenvalue weighted by atomic mass is 19.1. The number of carbonyl (C=O) groups excluding carboxylic acids is 1. The van der Waals surface area contributed by atoms with Gasteiger partial charge in [-0.15, -0.1) is 0 Å². The average Bonchev–Trinajstić information content (AvgIpc) is 3.16. The normalized spacial score (nSPS) is 21.0. The fourth-order valence-electron chi connectivity index (χ4n) is 4.21. The van der Waals surface area contributed by atoms with E-state index in [4.69, 9.17) is 0 Å². The van der Waals surface area contributed by atoms with Crippen molar-refractivity contribution >= 4 is 11.8 Å². The lowest BCUT2D eigenvalue weighted by Crippen LogP contribution is -2.41. The first-order valence-corrected chi connectivity index (χ1v) is 8.98. The standard InChI is InChI=1S/C19H23FN4O2/c1-23-16(13-3-5-14(20)6-4-13)9-17(22-23)21-18(26)24-12-19(7-2-8-19)10-15(24)11-25/h3-6,9,15,25H,2,7-8,10-12H2,1H3,(H,21,22,26). The van der Waals surface area contributed by atoms with E-state index in [1.807, 2.05) is 0 Å². The number of urea groups is 1. The van der Waals surface area contributed by atoms with Crippen molar-refractivity contribution in [3.8, 4) is 11.3 Å². The van der Waals surface area contributed by atoms with Crippen molar-refractivity contribution in [1.82, 2.24) is 14.7 Å². The van der Waals surface area contributed by atoms with E-state index in [0.717, 1.165) is 30.5 Å². The smallest absolute Gasteiger partial charge is 0.323 e. The Labute approximate surface area is 151 Å². The Morgan fingerprint density at radius 3 is 2.73 bits per heavy atom. The number of hydrogen-bond acceptors (Lipinski definition) is 3. The van der Waals surface area contributed by atoms with E-state index < -0.39 is 0 Å². The molecule has 2 fully saturated rings. The Morgan fingerprint density at radius 2 is 2.12 bits per heavy atom. The molecule has 0 bridgehead atoms. The van der Waals surface area contributed by atoms with Gasteiger partial charge >= 0.3 is 6.03 Å². The summed E-state index contributed by atoms with van der Waals surface area (Å²) in [5.41, 5.74) is 1.81. The lowest BCUT2D eigenvalue weighted by molar-refractivity contribution is 0.144. The Morgan fingerprint density at radius 1 is 1.38 bits per heavy atom. The Kier molecular flexibility index (Phi) is 4.19. The van der Waals surface area contributed by atoms with Crippen molar-refractivity contribution in [2.24, 2.45) is 12.5 Å². The number of aromatic nitrogens is 2. The summed E-state index contributed by atoms with van der Waals surface area (Å²) >= 11 is 0. The summed E-state index contributed by atoms with van der Waals surface area (Å²) in [6.07, 6.45) is 4.34. The molecule has 1 aliphatic heterocycles. The zero-order valence-electron chi connectivity index (χ0n) is 14.8. The molecule has 6 nitrogen and oxygen atoms in total. The third kappa shape index (κ3) is 2.96. The fraction of sp³-hybridized carbons (Fsp3) is 0.474. The van der Waals surface area contributed by atoms with E-state index in [0.29, 0.717) is 12.4 Å².